The number of anilines is 1. The molecule has 0 spiro atoms. The minimum absolute atomic E-state index is 0.0883. The molecule has 114 valence electrons. The van der Waals surface area contributed by atoms with E-state index in [0.29, 0.717) is 17.8 Å². The normalized spacial score (nSPS) is 11.7. The third kappa shape index (κ3) is 4.43. The summed E-state index contributed by atoms with van der Waals surface area (Å²) in [6.45, 7) is 2.39. The second-order valence-corrected chi connectivity index (χ2v) is 5.13. The molecule has 2 aromatic rings. The summed E-state index contributed by atoms with van der Waals surface area (Å²) in [5, 5.41) is 4.77. The highest BCUT2D eigenvalue weighted by atomic mass is 16.2. The zero-order chi connectivity index (χ0) is 15.9. The number of rotatable bonds is 6. The van der Waals surface area contributed by atoms with Gasteiger partial charge in [-0.2, -0.15) is 0 Å². The molecule has 0 saturated heterocycles. The van der Waals surface area contributed by atoms with E-state index in [1.807, 2.05) is 35.6 Å². The summed E-state index contributed by atoms with van der Waals surface area (Å²) in [4.78, 5) is 22.9. The number of hydrogen-bond acceptors (Lipinski definition) is 2. The minimum Gasteiger partial charge on any atom is -0.366 e. The molecule has 0 aliphatic carbocycles. The molecule has 0 aromatic heterocycles. The van der Waals surface area contributed by atoms with Crippen molar-refractivity contribution in [1.29, 1.82) is 0 Å². The largest absolute Gasteiger partial charge is 0.366 e. The van der Waals surface area contributed by atoms with E-state index >= 15 is 0 Å². The maximum absolute atomic E-state index is 11.9. The lowest BCUT2D eigenvalue weighted by Gasteiger charge is -2.11. The predicted octanol–water partition coefficient (Wildman–Crippen LogP) is 1.05. The third-order valence-electron chi connectivity index (χ3n) is 3.44. The average molecular weight is 298 g/mol. The number of carbonyl (C=O) groups excluding carboxylic acids is 2. The number of nitrogens with two attached hydrogens (primary N) is 2. The summed E-state index contributed by atoms with van der Waals surface area (Å²) in [6.07, 6.45) is 0. The Hall–Kier alpha value is -2.66. The van der Waals surface area contributed by atoms with Gasteiger partial charge in [-0.05, 0) is 31.2 Å². The first-order valence-electron chi connectivity index (χ1n) is 7.14. The molecule has 22 heavy (non-hydrogen) atoms. The van der Waals surface area contributed by atoms with Crippen molar-refractivity contribution < 1.29 is 14.9 Å². The fourth-order valence-electron chi connectivity index (χ4n) is 2.11. The Bertz CT molecular complexity index is 639. The van der Waals surface area contributed by atoms with Gasteiger partial charge < -0.3 is 16.4 Å². The monoisotopic (exact) mass is 298 g/mol. The van der Waals surface area contributed by atoms with E-state index in [1.165, 1.54) is 5.56 Å². The van der Waals surface area contributed by atoms with Crippen molar-refractivity contribution in [2.45, 2.75) is 13.0 Å². The fraction of sp³-hybridized carbons (Fsp3) is 0.176. The van der Waals surface area contributed by atoms with Crippen LogP contribution in [0.15, 0.2) is 54.6 Å². The molecular weight excluding hydrogens is 278 g/mol. The highest BCUT2D eigenvalue weighted by Gasteiger charge is 2.11. The molecule has 0 saturated carbocycles. The lowest BCUT2D eigenvalue weighted by atomic mass is 10.1. The number of quaternary nitrogens is 1. The Morgan fingerprint density at radius 1 is 1.09 bits per heavy atom. The molecule has 0 aliphatic rings. The molecule has 0 radical (unpaired) electrons. The number of primary amides is 1. The van der Waals surface area contributed by atoms with Gasteiger partial charge in [0, 0.05) is 16.8 Å². The molecule has 1 atom stereocenters. The Balaban J connectivity index is 1.84. The van der Waals surface area contributed by atoms with Crippen LogP contribution in [0.4, 0.5) is 5.69 Å². The van der Waals surface area contributed by atoms with Gasteiger partial charge in [0.05, 0.1) is 0 Å². The Morgan fingerprint density at radius 3 is 2.32 bits per heavy atom. The highest BCUT2D eigenvalue weighted by Crippen LogP contribution is 2.09. The Kier molecular flexibility index (Phi) is 5.27. The summed E-state index contributed by atoms with van der Waals surface area (Å²) in [7, 11) is 0. The number of amides is 2. The molecular formula is C17H20N3O2+. The van der Waals surface area contributed by atoms with Crippen LogP contribution in [-0.2, 0) is 4.79 Å². The van der Waals surface area contributed by atoms with Crippen molar-refractivity contribution in [3.05, 3.63) is 65.7 Å². The predicted molar refractivity (Wildman–Crippen MR) is 85.2 cm³/mol. The Morgan fingerprint density at radius 2 is 1.73 bits per heavy atom. The lowest BCUT2D eigenvalue weighted by molar-refractivity contribution is -0.682. The molecule has 0 aliphatic heterocycles. The van der Waals surface area contributed by atoms with Gasteiger partial charge in [0.2, 0.25) is 5.91 Å². The van der Waals surface area contributed by atoms with Crippen molar-refractivity contribution in [1.82, 2.24) is 0 Å². The minimum atomic E-state index is -0.483. The quantitative estimate of drug-likeness (QED) is 0.744. The first-order chi connectivity index (χ1) is 10.6. The van der Waals surface area contributed by atoms with E-state index in [-0.39, 0.29) is 11.9 Å². The first-order valence-corrected chi connectivity index (χ1v) is 7.14. The maximum atomic E-state index is 11.9. The van der Waals surface area contributed by atoms with Gasteiger partial charge in [-0.1, -0.05) is 30.3 Å². The Labute approximate surface area is 129 Å². The van der Waals surface area contributed by atoms with Crippen molar-refractivity contribution in [2.24, 2.45) is 5.73 Å². The SMILES string of the molecule is C[C@H]([NH2+]CC(=O)Nc1ccc(C(N)=O)cc1)c1ccccc1. The van der Waals surface area contributed by atoms with Gasteiger partial charge in [-0.15, -0.1) is 0 Å². The van der Waals surface area contributed by atoms with Crippen LogP contribution >= 0.6 is 0 Å². The molecule has 0 fully saturated rings. The van der Waals surface area contributed by atoms with Crippen molar-refractivity contribution in [2.75, 3.05) is 11.9 Å². The number of nitrogens with one attached hydrogen (secondary N) is 1. The van der Waals surface area contributed by atoms with E-state index in [1.54, 1.807) is 24.3 Å². The molecule has 2 amide bonds. The number of benzene rings is 2. The molecule has 5 heteroatoms. The van der Waals surface area contributed by atoms with Crippen LogP contribution in [0.1, 0.15) is 28.9 Å². The number of carbonyl (C=O) groups is 2. The topological polar surface area (TPSA) is 88.8 Å². The maximum Gasteiger partial charge on any atom is 0.279 e. The molecule has 5 nitrogen and oxygen atoms in total. The highest BCUT2D eigenvalue weighted by molar-refractivity contribution is 5.94. The van der Waals surface area contributed by atoms with Crippen LogP contribution in [-0.4, -0.2) is 18.4 Å². The second kappa shape index (κ2) is 7.38. The van der Waals surface area contributed by atoms with Gasteiger partial charge >= 0.3 is 0 Å². The fourth-order valence-corrected chi connectivity index (χ4v) is 2.11. The van der Waals surface area contributed by atoms with E-state index < -0.39 is 5.91 Å². The summed E-state index contributed by atoms with van der Waals surface area (Å²) in [5.41, 5.74) is 7.42. The summed E-state index contributed by atoms with van der Waals surface area (Å²) in [6, 6.07) is 16.8. The summed E-state index contributed by atoms with van der Waals surface area (Å²) in [5.74, 6) is -0.572. The van der Waals surface area contributed by atoms with E-state index in [0.717, 1.165) is 0 Å². The smallest absolute Gasteiger partial charge is 0.279 e. The van der Waals surface area contributed by atoms with Crippen LogP contribution < -0.4 is 16.4 Å². The third-order valence-corrected chi connectivity index (χ3v) is 3.44. The van der Waals surface area contributed by atoms with Crippen molar-refractivity contribution in [3.63, 3.8) is 0 Å². The number of hydrogen-bond donors (Lipinski definition) is 3. The van der Waals surface area contributed by atoms with Gasteiger partial charge in [-0.25, -0.2) is 0 Å². The van der Waals surface area contributed by atoms with Gasteiger partial charge in [0.15, 0.2) is 6.54 Å². The molecule has 2 aromatic carbocycles. The van der Waals surface area contributed by atoms with E-state index in [4.69, 9.17) is 5.73 Å². The second-order valence-electron chi connectivity index (χ2n) is 5.13. The van der Waals surface area contributed by atoms with Gasteiger partial charge in [-0.3, -0.25) is 9.59 Å². The van der Waals surface area contributed by atoms with Gasteiger partial charge in [0.25, 0.3) is 5.91 Å². The van der Waals surface area contributed by atoms with Crippen LogP contribution in [0, 0.1) is 0 Å². The summed E-state index contributed by atoms with van der Waals surface area (Å²) < 4.78 is 0. The van der Waals surface area contributed by atoms with Crippen LogP contribution in [0.3, 0.4) is 0 Å². The molecule has 0 unspecified atom stereocenters. The zero-order valence-corrected chi connectivity index (χ0v) is 12.5. The van der Waals surface area contributed by atoms with Gasteiger partial charge in [0.1, 0.15) is 6.04 Å². The first kappa shape index (κ1) is 15.7. The van der Waals surface area contributed by atoms with Crippen LogP contribution in [0.5, 0.6) is 0 Å². The van der Waals surface area contributed by atoms with E-state index in [9.17, 15) is 9.59 Å². The molecule has 0 heterocycles. The standard InChI is InChI=1S/C17H19N3O2/c1-12(13-5-3-2-4-6-13)19-11-16(21)20-15-9-7-14(8-10-15)17(18)22/h2-10,12,19H,11H2,1H3,(H2,18,22)(H,20,21)/p+1/t12-/m0/s1. The van der Waals surface area contributed by atoms with Crippen molar-refractivity contribution in [3.8, 4) is 0 Å². The molecule has 0 bridgehead atoms. The van der Waals surface area contributed by atoms with Crippen LogP contribution in [0.2, 0.25) is 0 Å². The van der Waals surface area contributed by atoms with Crippen LogP contribution in [0.25, 0.3) is 0 Å². The van der Waals surface area contributed by atoms with E-state index in [2.05, 4.69) is 12.2 Å². The average Bonchev–Trinajstić information content (AvgIpc) is 2.54. The van der Waals surface area contributed by atoms with Crippen molar-refractivity contribution >= 4 is 17.5 Å². The molecule has 5 N–H and O–H groups in total. The summed E-state index contributed by atoms with van der Waals surface area (Å²) >= 11 is 0. The lowest BCUT2D eigenvalue weighted by Crippen LogP contribution is -2.86. The molecule has 2 rings (SSSR count). The zero-order valence-electron chi connectivity index (χ0n) is 12.5.